The molecule has 4 heteroatoms. The molecule has 0 radical (unpaired) electrons. The fourth-order valence-corrected chi connectivity index (χ4v) is 5.18. The SMILES string of the molecule is Nc1ccc2c(NCC3CC4CC3C3CC43)ncc(F)c2c1. The van der Waals surface area contributed by atoms with Crippen LogP contribution in [-0.2, 0) is 0 Å². The van der Waals surface area contributed by atoms with E-state index < -0.39 is 0 Å². The van der Waals surface area contributed by atoms with E-state index in [0.717, 1.165) is 47.3 Å². The van der Waals surface area contributed by atoms with Crippen molar-refractivity contribution < 1.29 is 4.39 Å². The summed E-state index contributed by atoms with van der Waals surface area (Å²) in [6, 6.07) is 5.35. The van der Waals surface area contributed by atoms with Crippen LogP contribution >= 0.6 is 0 Å². The number of fused-ring (bicyclic) bond motifs is 6. The van der Waals surface area contributed by atoms with E-state index in [0.29, 0.717) is 11.1 Å². The lowest BCUT2D eigenvalue weighted by Gasteiger charge is -2.22. The first kappa shape index (κ1) is 12.7. The quantitative estimate of drug-likeness (QED) is 0.850. The smallest absolute Gasteiger partial charge is 0.149 e. The van der Waals surface area contributed by atoms with Gasteiger partial charge >= 0.3 is 0 Å². The first-order chi connectivity index (χ1) is 10.7. The van der Waals surface area contributed by atoms with Crippen molar-refractivity contribution in [3.05, 3.63) is 30.2 Å². The zero-order chi connectivity index (χ0) is 14.8. The molecule has 114 valence electrons. The van der Waals surface area contributed by atoms with E-state index in [1.807, 2.05) is 6.07 Å². The molecule has 3 saturated carbocycles. The molecule has 1 heterocycles. The van der Waals surface area contributed by atoms with Crippen molar-refractivity contribution in [2.75, 3.05) is 17.6 Å². The van der Waals surface area contributed by atoms with E-state index in [1.54, 1.807) is 12.1 Å². The van der Waals surface area contributed by atoms with Crippen molar-refractivity contribution >= 4 is 22.3 Å². The van der Waals surface area contributed by atoms with Crippen LogP contribution in [0, 0.1) is 35.4 Å². The monoisotopic (exact) mass is 297 g/mol. The first-order valence-corrected chi connectivity index (χ1v) is 8.28. The van der Waals surface area contributed by atoms with Crippen molar-refractivity contribution in [2.24, 2.45) is 29.6 Å². The van der Waals surface area contributed by atoms with E-state index in [-0.39, 0.29) is 5.82 Å². The Bertz CT molecular complexity index is 759. The molecular formula is C18H20FN3. The number of nitrogens with one attached hydrogen (secondary N) is 1. The van der Waals surface area contributed by atoms with Gasteiger partial charge in [-0.25, -0.2) is 9.37 Å². The molecule has 1 aromatic carbocycles. The fourth-order valence-electron chi connectivity index (χ4n) is 5.18. The number of benzene rings is 1. The Hall–Kier alpha value is -1.84. The third-order valence-electron chi connectivity index (χ3n) is 6.23. The van der Waals surface area contributed by atoms with Crippen LogP contribution < -0.4 is 11.1 Å². The highest BCUT2D eigenvalue weighted by atomic mass is 19.1. The van der Waals surface area contributed by atoms with Gasteiger partial charge in [0.25, 0.3) is 0 Å². The maximum atomic E-state index is 13.9. The maximum Gasteiger partial charge on any atom is 0.149 e. The summed E-state index contributed by atoms with van der Waals surface area (Å²) in [5, 5.41) is 4.85. The fraction of sp³-hybridized carbons (Fsp3) is 0.500. The molecular weight excluding hydrogens is 277 g/mol. The maximum absolute atomic E-state index is 13.9. The second-order valence-corrected chi connectivity index (χ2v) is 7.36. The highest BCUT2D eigenvalue weighted by Gasteiger charge is 2.60. The van der Waals surface area contributed by atoms with E-state index in [4.69, 9.17) is 5.73 Å². The topological polar surface area (TPSA) is 50.9 Å². The standard InChI is InChI=1S/C18H20FN3/c19-17-8-22-18(12-2-1-11(20)5-16(12)17)21-7-10-3-9-4-13(10)15-6-14(9)15/h1-2,5,8-10,13-15H,3-4,6-7,20H2,(H,21,22). The number of nitrogen functional groups attached to an aromatic ring is 1. The zero-order valence-electron chi connectivity index (χ0n) is 12.4. The lowest BCUT2D eigenvalue weighted by atomic mass is 9.88. The molecule has 5 unspecified atom stereocenters. The molecule has 3 aliphatic rings. The Balaban J connectivity index is 1.39. The molecule has 22 heavy (non-hydrogen) atoms. The van der Waals surface area contributed by atoms with Gasteiger partial charge in [0.1, 0.15) is 11.6 Å². The highest BCUT2D eigenvalue weighted by Crippen LogP contribution is 2.67. The number of hydrogen-bond acceptors (Lipinski definition) is 3. The lowest BCUT2D eigenvalue weighted by Crippen LogP contribution is -2.22. The average molecular weight is 297 g/mol. The molecule has 2 aromatic rings. The van der Waals surface area contributed by atoms with Crippen molar-refractivity contribution in [1.82, 2.24) is 4.98 Å². The molecule has 0 spiro atoms. The van der Waals surface area contributed by atoms with Crippen LogP contribution in [0.15, 0.2) is 24.4 Å². The predicted octanol–water partition coefficient (Wildman–Crippen LogP) is 3.66. The second kappa shape index (κ2) is 4.34. The van der Waals surface area contributed by atoms with Crippen LogP contribution in [0.3, 0.4) is 0 Å². The molecule has 0 aliphatic heterocycles. The minimum absolute atomic E-state index is 0.311. The van der Waals surface area contributed by atoms with Crippen LogP contribution in [0.2, 0.25) is 0 Å². The van der Waals surface area contributed by atoms with Crippen LogP contribution in [0.1, 0.15) is 19.3 Å². The highest BCUT2D eigenvalue weighted by molar-refractivity contribution is 5.94. The summed E-state index contributed by atoms with van der Waals surface area (Å²) in [4.78, 5) is 4.26. The van der Waals surface area contributed by atoms with E-state index in [1.165, 1.54) is 25.5 Å². The van der Waals surface area contributed by atoms with E-state index in [9.17, 15) is 4.39 Å². The van der Waals surface area contributed by atoms with Gasteiger partial charge in [-0.1, -0.05) is 0 Å². The van der Waals surface area contributed by atoms with Crippen LogP contribution in [-0.4, -0.2) is 11.5 Å². The van der Waals surface area contributed by atoms with Gasteiger partial charge in [-0.05, 0) is 67.1 Å². The second-order valence-electron chi connectivity index (χ2n) is 7.36. The number of rotatable bonds is 3. The molecule has 3 aliphatic carbocycles. The molecule has 3 N–H and O–H groups in total. The van der Waals surface area contributed by atoms with Crippen molar-refractivity contribution in [3.8, 4) is 0 Å². The number of anilines is 2. The third-order valence-corrected chi connectivity index (χ3v) is 6.23. The minimum atomic E-state index is -0.311. The summed E-state index contributed by atoms with van der Waals surface area (Å²) in [5.41, 5.74) is 6.35. The number of hydrogen-bond donors (Lipinski definition) is 2. The number of halogens is 1. The van der Waals surface area contributed by atoms with Gasteiger partial charge in [0.15, 0.2) is 0 Å². The predicted molar refractivity (Wildman–Crippen MR) is 85.9 cm³/mol. The summed E-state index contributed by atoms with van der Waals surface area (Å²) in [5.74, 6) is 5.23. The summed E-state index contributed by atoms with van der Waals surface area (Å²) < 4.78 is 13.9. The third kappa shape index (κ3) is 1.76. The Kier molecular flexibility index (Phi) is 2.50. The molecule has 0 saturated heterocycles. The van der Waals surface area contributed by atoms with Gasteiger partial charge < -0.3 is 11.1 Å². The summed E-state index contributed by atoms with van der Waals surface area (Å²) in [6.45, 7) is 0.961. The lowest BCUT2D eigenvalue weighted by molar-refractivity contribution is 0.330. The van der Waals surface area contributed by atoms with Gasteiger partial charge in [-0.3, -0.25) is 0 Å². The normalized spacial score (nSPS) is 34.9. The van der Waals surface area contributed by atoms with Gasteiger partial charge in [-0.15, -0.1) is 0 Å². The molecule has 3 fully saturated rings. The Morgan fingerprint density at radius 2 is 2.05 bits per heavy atom. The number of pyridine rings is 1. The average Bonchev–Trinajstić information content (AvgIpc) is 3.13. The number of aromatic nitrogens is 1. The molecule has 2 bridgehead atoms. The van der Waals surface area contributed by atoms with Gasteiger partial charge in [0, 0.05) is 23.0 Å². The largest absolute Gasteiger partial charge is 0.399 e. The zero-order valence-corrected chi connectivity index (χ0v) is 12.4. The van der Waals surface area contributed by atoms with Crippen LogP contribution in [0.5, 0.6) is 0 Å². The summed E-state index contributed by atoms with van der Waals surface area (Å²) in [7, 11) is 0. The van der Waals surface area contributed by atoms with Gasteiger partial charge in [0.05, 0.1) is 6.20 Å². The molecule has 0 amide bonds. The van der Waals surface area contributed by atoms with Crippen molar-refractivity contribution in [1.29, 1.82) is 0 Å². The van der Waals surface area contributed by atoms with Crippen molar-refractivity contribution in [3.63, 3.8) is 0 Å². The first-order valence-electron chi connectivity index (χ1n) is 8.28. The Morgan fingerprint density at radius 1 is 1.14 bits per heavy atom. The Morgan fingerprint density at radius 3 is 2.86 bits per heavy atom. The molecule has 5 atom stereocenters. The van der Waals surface area contributed by atoms with Crippen LogP contribution in [0.4, 0.5) is 15.9 Å². The Labute approximate surface area is 129 Å². The molecule has 1 aromatic heterocycles. The van der Waals surface area contributed by atoms with E-state index >= 15 is 0 Å². The van der Waals surface area contributed by atoms with Crippen molar-refractivity contribution in [2.45, 2.75) is 19.3 Å². The summed E-state index contributed by atoms with van der Waals surface area (Å²) >= 11 is 0. The van der Waals surface area contributed by atoms with Gasteiger partial charge in [-0.2, -0.15) is 0 Å². The van der Waals surface area contributed by atoms with E-state index in [2.05, 4.69) is 10.3 Å². The van der Waals surface area contributed by atoms with Gasteiger partial charge in [0.2, 0.25) is 0 Å². The molecule has 3 nitrogen and oxygen atoms in total. The number of nitrogens with zero attached hydrogens (tertiary/aromatic N) is 1. The minimum Gasteiger partial charge on any atom is -0.399 e. The number of nitrogens with two attached hydrogens (primary N) is 1. The summed E-state index contributed by atoms with van der Waals surface area (Å²) in [6.07, 6.45) is 5.57. The molecule has 5 rings (SSSR count). The van der Waals surface area contributed by atoms with Crippen LogP contribution in [0.25, 0.3) is 10.8 Å².